The van der Waals surface area contributed by atoms with Crippen molar-refractivity contribution >= 4 is 21.8 Å². The molecule has 4 heteroatoms. The molecule has 1 rings (SSSR count). The van der Waals surface area contributed by atoms with Gasteiger partial charge in [0.05, 0.1) is 6.04 Å². The van der Waals surface area contributed by atoms with Crippen molar-refractivity contribution < 1.29 is 4.79 Å². The summed E-state index contributed by atoms with van der Waals surface area (Å²) in [4.78, 5) is 11.6. The number of halogens is 1. The van der Waals surface area contributed by atoms with Crippen LogP contribution < -0.4 is 10.6 Å². The van der Waals surface area contributed by atoms with Crippen LogP contribution in [0.15, 0.2) is 28.7 Å². The highest BCUT2D eigenvalue weighted by Crippen LogP contribution is 2.18. The van der Waals surface area contributed by atoms with Gasteiger partial charge in [0, 0.05) is 17.1 Å². The van der Waals surface area contributed by atoms with E-state index in [1.54, 1.807) is 0 Å². The summed E-state index contributed by atoms with van der Waals surface area (Å²) in [6.45, 7) is 6.51. The molecule has 0 spiro atoms. The summed E-state index contributed by atoms with van der Waals surface area (Å²) in [5, 5.41) is 6.08. The number of rotatable bonds is 5. The molecule has 1 unspecified atom stereocenters. The average Bonchev–Trinajstić information content (AvgIpc) is 2.29. The first-order chi connectivity index (χ1) is 8.04. The van der Waals surface area contributed by atoms with E-state index in [0.717, 1.165) is 10.0 Å². The minimum Gasteiger partial charge on any atom is -0.355 e. The zero-order valence-electron chi connectivity index (χ0n) is 10.5. The molecule has 94 valence electrons. The van der Waals surface area contributed by atoms with E-state index in [4.69, 9.17) is 0 Å². The minimum absolute atomic E-state index is 0.0364. The summed E-state index contributed by atoms with van der Waals surface area (Å²) in [6.07, 6.45) is 0. The predicted molar refractivity (Wildman–Crippen MR) is 73.8 cm³/mol. The Kier molecular flexibility index (Phi) is 5.65. The number of benzene rings is 1. The van der Waals surface area contributed by atoms with Crippen LogP contribution >= 0.6 is 15.9 Å². The largest absolute Gasteiger partial charge is 0.355 e. The van der Waals surface area contributed by atoms with Crippen molar-refractivity contribution in [1.29, 1.82) is 0 Å². The van der Waals surface area contributed by atoms with Crippen LogP contribution in [0.4, 0.5) is 0 Å². The Morgan fingerprint density at radius 2 is 2.12 bits per heavy atom. The molecular formula is C13H19BrN2O. The van der Waals surface area contributed by atoms with E-state index in [1.807, 2.05) is 32.0 Å². The van der Waals surface area contributed by atoms with E-state index in [2.05, 4.69) is 39.6 Å². The Balaban J connectivity index is 2.60. The molecule has 0 radical (unpaired) electrons. The number of carbonyl (C=O) groups excluding carboxylic acids is 1. The highest BCUT2D eigenvalue weighted by Gasteiger charge is 2.15. The quantitative estimate of drug-likeness (QED) is 0.877. The Bertz CT molecular complexity index is 381. The molecule has 2 N–H and O–H groups in total. The first kappa shape index (κ1) is 14.2. The normalized spacial score (nSPS) is 14.1. The highest BCUT2D eigenvalue weighted by atomic mass is 79.9. The summed E-state index contributed by atoms with van der Waals surface area (Å²) in [7, 11) is 0. The second kappa shape index (κ2) is 6.77. The lowest BCUT2D eigenvalue weighted by molar-refractivity contribution is -0.122. The van der Waals surface area contributed by atoms with Crippen molar-refractivity contribution in [2.75, 3.05) is 6.54 Å². The van der Waals surface area contributed by atoms with Crippen LogP contribution in [0.1, 0.15) is 32.4 Å². The van der Waals surface area contributed by atoms with E-state index in [1.165, 1.54) is 0 Å². The second-order valence-corrected chi connectivity index (χ2v) is 4.98. The molecule has 0 aromatic heterocycles. The van der Waals surface area contributed by atoms with Gasteiger partial charge in [0.25, 0.3) is 0 Å². The van der Waals surface area contributed by atoms with Gasteiger partial charge in [-0.3, -0.25) is 10.1 Å². The molecule has 0 aliphatic heterocycles. The van der Waals surface area contributed by atoms with Crippen LogP contribution in [0.25, 0.3) is 0 Å². The van der Waals surface area contributed by atoms with Gasteiger partial charge in [-0.15, -0.1) is 0 Å². The molecule has 17 heavy (non-hydrogen) atoms. The van der Waals surface area contributed by atoms with E-state index in [9.17, 15) is 4.79 Å². The zero-order chi connectivity index (χ0) is 12.8. The van der Waals surface area contributed by atoms with Gasteiger partial charge >= 0.3 is 0 Å². The van der Waals surface area contributed by atoms with E-state index < -0.39 is 0 Å². The Morgan fingerprint density at radius 3 is 2.71 bits per heavy atom. The molecule has 0 aliphatic carbocycles. The van der Waals surface area contributed by atoms with Gasteiger partial charge in [-0.05, 0) is 38.5 Å². The zero-order valence-corrected chi connectivity index (χ0v) is 12.0. The van der Waals surface area contributed by atoms with Crippen LogP contribution in [-0.2, 0) is 4.79 Å². The minimum atomic E-state index is -0.191. The number of nitrogens with one attached hydrogen (secondary N) is 2. The highest BCUT2D eigenvalue weighted by molar-refractivity contribution is 9.10. The third kappa shape index (κ3) is 4.48. The second-order valence-electron chi connectivity index (χ2n) is 4.06. The van der Waals surface area contributed by atoms with E-state index >= 15 is 0 Å². The molecule has 1 aromatic rings. The molecule has 0 saturated heterocycles. The molecule has 0 bridgehead atoms. The predicted octanol–water partition coefficient (Wildman–Crippen LogP) is 2.62. The summed E-state index contributed by atoms with van der Waals surface area (Å²) in [6, 6.07) is 8.04. The first-order valence-electron chi connectivity index (χ1n) is 5.83. The smallest absolute Gasteiger partial charge is 0.236 e. The Hall–Kier alpha value is -0.870. The van der Waals surface area contributed by atoms with E-state index in [-0.39, 0.29) is 18.0 Å². The fraction of sp³-hybridized carbons (Fsp3) is 0.462. The number of amides is 1. The van der Waals surface area contributed by atoms with E-state index in [0.29, 0.717) is 6.54 Å². The maximum Gasteiger partial charge on any atom is 0.236 e. The Morgan fingerprint density at radius 1 is 1.41 bits per heavy atom. The van der Waals surface area contributed by atoms with Gasteiger partial charge in [0.2, 0.25) is 5.91 Å². The number of carbonyl (C=O) groups is 1. The third-order valence-corrected chi connectivity index (χ3v) is 3.09. The van der Waals surface area contributed by atoms with Crippen molar-refractivity contribution in [3.63, 3.8) is 0 Å². The molecule has 0 heterocycles. The van der Waals surface area contributed by atoms with Gasteiger partial charge in [-0.1, -0.05) is 28.1 Å². The molecule has 0 aliphatic rings. The van der Waals surface area contributed by atoms with Crippen molar-refractivity contribution in [2.45, 2.75) is 32.9 Å². The fourth-order valence-electron chi connectivity index (χ4n) is 1.65. The maximum atomic E-state index is 11.6. The fourth-order valence-corrected chi connectivity index (χ4v) is 2.07. The average molecular weight is 299 g/mol. The SMILES string of the molecule is CCNC(=O)C(C)N[C@@H](C)c1cccc(Br)c1. The lowest BCUT2D eigenvalue weighted by Crippen LogP contribution is -2.43. The molecule has 3 nitrogen and oxygen atoms in total. The lowest BCUT2D eigenvalue weighted by atomic mass is 10.1. The first-order valence-corrected chi connectivity index (χ1v) is 6.63. The standard InChI is InChI=1S/C13H19BrN2O/c1-4-15-13(17)10(3)16-9(2)11-6-5-7-12(14)8-11/h5-10,16H,4H2,1-3H3,(H,15,17)/t9-,10?/m0/s1. The summed E-state index contributed by atoms with van der Waals surface area (Å²) < 4.78 is 1.05. The van der Waals surface area contributed by atoms with Crippen molar-refractivity contribution in [3.8, 4) is 0 Å². The van der Waals surface area contributed by atoms with Crippen LogP contribution in [0.2, 0.25) is 0 Å². The van der Waals surface area contributed by atoms with Crippen LogP contribution in [0, 0.1) is 0 Å². The molecule has 2 atom stereocenters. The number of likely N-dealkylation sites (N-methyl/N-ethyl adjacent to an activating group) is 1. The van der Waals surface area contributed by atoms with Crippen LogP contribution in [0.5, 0.6) is 0 Å². The van der Waals surface area contributed by atoms with Crippen molar-refractivity contribution in [2.24, 2.45) is 0 Å². The summed E-state index contributed by atoms with van der Waals surface area (Å²) in [5.41, 5.74) is 1.16. The molecule has 1 aromatic carbocycles. The van der Waals surface area contributed by atoms with Crippen molar-refractivity contribution in [1.82, 2.24) is 10.6 Å². The topological polar surface area (TPSA) is 41.1 Å². The monoisotopic (exact) mass is 298 g/mol. The molecule has 1 amide bonds. The van der Waals surface area contributed by atoms with Crippen LogP contribution in [0.3, 0.4) is 0 Å². The van der Waals surface area contributed by atoms with Crippen LogP contribution in [-0.4, -0.2) is 18.5 Å². The summed E-state index contributed by atoms with van der Waals surface area (Å²) in [5.74, 6) is 0.0364. The number of hydrogen-bond donors (Lipinski definition) is 2. The van der Waals surface area contributed by atoms with Gasteiger partial charge < -0.3 is 5.32 Å². The van der Waals surface area contributed by atoms with Gasteiger partial charge in [0.15, 0.2) is 0 Å². The summed E-state index contributed by atoms with van der Waals surface area (Å²) >= 11 is 3.44. The van der Waals surface area contributed by atoms with Gasteiger partial charge in [-0.25, -0.2) is 0 Å². The van der Waals surface area contributed by atoms with Gasteiger partial charge in [-0.2, -0.15) is 0 Å². The molecule has 0 fully saturated rings. The van der Waals surface area contributed by atoms with Gasteiger partial charge in [0.1, 0.15) is 0 Å². The third-order valence-electron chi connectivity index (χ3n) is 2.59. The number of hydrogen-bond acceptors (Lipinski definition) is 2. The maximum absolute atomic E-state index is 11.6. The Labute approximate surface area is 111 Å². The molecular weight excluding hydrogens is 280 g/mol. The molecule has 0 saturated carbocycles. The lowest BCUT2D eigenvalue weighted by Gasteiger charge is -2.19. The van der Waals surface area contributed by atoms with Crippen molar-refractivity contribution in [3.05, 3.63) is 34.3 Å².